The highest BCUT2D eigenvalue weighted by Crippen LogP contribution is 2.22. The second kappa shape index (κ2) is 7.70. The van der Waals surface area contributed by atoms with Gasteiger partial charge in [-0.05, 0) is 34.6 Å². The van der Waals surface area contributed by atoms with Gasteiger partial charge in [0.2, 0.25) is 5.91 Å². The average molecular weight is 340 g/mol. The summed E-state index contributed by atoms with van der Waals surface area (Å²) in [6.45, 7) is 13.1. The molecule has 0 saturated carbocycles. The van der Waals surface area contributed by atoms with E-state index in [-0.39, 0.29) is 18.1 Å². The van der Waals surface area contributed by atoms with Crippen molar-refractivity contribution in [1.29, 1.82) is 0 Å². The fourth-order valence-electron chi connectivity index (χ4n) is 2.89. The van der Waals surface area contributed by atoms with Crippen LogP contribution in [0.5, 0.6) is 0 Å². The van der Waals surface area contributed by atoms with Gasteiger partial charge >= 0.3 is 0 Å². The predicted molar refractivity (Wildman–Crippen MR) is 94.0 cm³/mol. The first-order valence-corrected chi connectivity index (χ1v) is 9.00. The molecule has 0 bridgehead atoms. The Balaban J connectivity index is 1.90. The zero-order chi connectivity index (χ0) is 17.1. The third-order valence-electron chi connectivity index (χ3n) is 4.48. The van der Waals surface area contributed by atoms with Crippen molar-refractivity contribution in [2.45, 2.75) is 52.8 Å². The number of aryl methyl sites for hydroxylation is 2. The third-order valence-corrected chi connectivity index (χ3v) is 5.47. The molecule has 0 aliphatic carbocycles. The van der Waals surface area contributed by atoms with Crippen molar-refractivity contribution in [1.82, 2.24) is 14.8 Å². The molecule has 7 heteroatoms. The van der Waals surface area contributed by atoms with Crippen LogP contribution in [0.2, 0.25) is 0 Å². The lowest BCUT2D eigenvalue weighted by atomic mass is 10.1. The quantitative estimate of drug-likeness (QED) is 0.850. The fourth-order valence-corrected chi connectivity index (χ4v) is 3.71. The summed E-state index contributed by atoms with van der Waals surface area (Å²) in [5.74, 6) is -0.00470. The molecular weight excluding hydrogens is 312 g/mol. The molecule has 1 aliphatic heterocycles. The molecule has 2 rings (SSSR count). The minimum Gasteiger partial charge on any atom is -0.392 e. The second-order valence-electron chi connectivity index (χ2n) is 6.51. The van der Waals surface area contributed by atoms with Crippen LogP contribution in [-0.2, 0) is 4.79 Å². The number of piperazine rings is 1. The van der Waals surface area contributed by atoms with Gasteiger partial charge in [0.1, 0.15) is 0 Å². The summed E-state index contributed by atoms with van der Waals surface area (Å²) in [4.78, 5) is 22.4. The van der Waals surface area contributed by atoms with E-state index in [0.29, 0.717) is 17.7 Å². The van der Waals surface area contributed by atoms with E-state index in [0.717, 1.165) is 30.2 Å². The molecule has 3 atom stereocenters. The molecule has 1 amide bonds. The monoisotopic (exact) mass is 340 g/mol. The Kier molecular flexibility index (Phi) is 6.13. The normalized spacial score (nSPS) is 22.8. The van der Waals surface area contributed by atoms with E-state index < -0.39 is 0 Å². The Morgan fingerprint density at radius 2 is 2.13 bits per heavy atom. The van der Waals surface area contributed by atoms with Gasteiger partial charge in [-0.3, -0.25) is 14.6 Å². The highest BCUT2D eigenvalue weighted by atomic mass is 32.1. The maximum absolute atomic E-state index is 12.5. The van der Waals surface area contributed by atoms with Crippen LogP contribution in [0.1, 0.15) is 31.3 Å². The van der Waals surface area contributed by atoms with Crippen LogP contribution in [0.3, 0.4) is 0 Å². The van der Waals surface area contributed by atoms with E-state index in [9.17, 15) is 9.90 Å². The Hall–Kier alpha value is -1.02. The van der Waals surface area contributed by atoms with Crippen molar-refractivity contribution in [2.75, 3.05) is 31.5 Å². The van der Waals surface area contributed by atoms with Gasteiger partial charge in [-0.2, -0.15) is 0 Å². The Labute approximate surface area is 142 Å². The number of aliphatic hydroxyl groups excluding tert-OH is 1. The number of amides is 1. The van der Waals surface area contributed by atoms with Crippen LogP contribution in [0.15, 0.2) is 0 Å². The molecule has 130 valence electrons. The number of carbonyl (C=O) groups is 1. The number of aliphatic hydroxyl groups is 1. The molecule has 0 aromatic carbocycles. The Morgan fingerprint density at radius 3 is 2.65 bits per heavy atom. The zero-order valence-electron chi connectivity index (χ0n) is 14.7. The molecule has 6 nitrogen and oxygen atoms in total. The summed E-state index contributed by atoms with van der Waals surface area (Å²) in [6.07, 6.45) is -0.318. The topological polar surface area (TPSA) is 68.7 Å². The summed E-state index contributed by atoms with van der Waals surface area (Å²) in [5.41, 5.74) is 0.971. The third kappa shape index (κ3) is 4.73. The summed E-state index contributed by atoms with van der Waals surface area (Å²) >= 11 is 1.52. The highest BCUT2D eigenvalue weighted by molar-refractivity contribution is 7.15. The van der Waals surface area contributed by atoms with Crippen LogP contribution in [-0.4, -0.2) is 70.2 Å². The van der Waals surface area contributed by atoms with Crippen molar-refractivity contribution in [3.05, 3.63) is 10.6 Å². The number of hydrogen-bond donors (Lipinski definition) is 2. The van der Waals surface area contributed by atoms with E-state index in [1.807, 2.05) is 27.7 Å². The van der Waals surface area contributed by atoms with Gasteiger partial charge in [0.25, 0.3) is 0 Å². The zero-order valence-corrected chi connectivity index (χ0v) is 15.5. The fraction of sp³-hybridized carbons (Fsp3) is 0.750. The van der Waals surface area contributed by atoms with Gasteiger partial charge in [0.05, 0.1) is 17.8 Å². The number of hydrogen-bond acceptors (Lipinski definition) is 6. The summed E-state index contributed by atoms with van der Waals surface area (Å²) in [7, 11) is 0. The van der Waals surface area contributed by atoms with Gasteiger partial charge in [0.15, 0.2) is 5.13 Å². The highest BCUT2D eigenvalue weighted by Gasteiger charge is 2.30. The number of anilines is 1. The Morgan fingerprint density at radius 1 is 1.43 bits per heavy atom. The van der Waals surface area contributed by atoms with E-state index in [2.05, 4.69) is 27.0 Å². The molecule has 1 fully saturated rings. The van der Waals surface area contributed by atoms with E-state index in [1.54, 1.807) is 0 Å². The van der Waals surface area contributed by atoms with E-state index in [4.69, 9.17) is 0 Å². The van der Waals surface area contributed by atoms with Gasteiger partial charge in [-0.15, -0.1) is 11.3 Å². The van der Waals surface area contributed by atoms with Crippen LogP contribution in [0.25, 0.3) is 0 Å². The summed E-state index contributed by atoms with van der Waals surface area (Å²) in [5, 5.41) is 13.2. The maximum Gasteiger partial charge on any atom is 0.243 e. The average Bonchev–Trinajstić information content (AvgIpc) is 2.78. The van der Waals surface area contributed by atoms with Crippen molar-refractivity contribution in [3.63, 3.8) is 0 Å². The number of rotatable bonds is 5. The molecule has 1 aromatic rings. The smallest absolute Gasteiger partial charge is 0.243 e. The lowest BCUT2D eigenvalue weighted by Gasteiger charge is -2.42. The van der Waals surface area contributed by atoms with Crippen LogP contribution in [0, 0.1) is 13.8 Å². The lowest BCUT2D eigenvalue weighted by molar-refractivity contribution is -0.122. The first kappa shape index (κ1) is 18.3. The summed E-state index contributed by atoms with van der Waals surface area (Å²) in [6, 6.07) is 0.147. The van der Waals surface area contributed by atoms with E-state index in [1.165, 1.54) is 11.3 Å². The molecule has 2 N–H and O–H groups in total. The van der Waals surface area contributed by atoms with Crippen molar-refractivity contribution in [2.24, 2.45) is 0 Å². The van der Waals surface area contributed by atoms with Crippen LogP contribution >= 0.6 is 11.3 Å². The van der Waals surface area contributed by atoms with Crippen LogP contribution in [0.4, 0.5) is 5.13 Å². The number of carbonyl (C=O) groups excluding carboxylic acids is 1. The predicted octanol–water partition coefficient (Wildman–Crippen LogP) is 1.47. The summed E-state index contributed by atoms with van der Waals surface area (Å²) < 4.78 is 0. The van der Waals surface area contributed by atoms with Gasteiger partial charge in [0, 0.05) is 37.1 Å². The lowest BCUT2D eigenvalue weighted by Crippen LogP contribution is -2.57. The number of aromatic nitrogens is 1. The van der Waals surface area contributed by atoms with Gasteiger partial charge < -0.3 is 10.4 Å². The second-order valence-corrected chi connectivity index (χ2v) is 7.72. The van der Waals surface area contributed by atoms with Gasteiger partial charge in [-0.1, -0.05) is 0 Å². The molecule has 0 unspecified atom stereocenters. The van der Waals surface area contributed by atoms with Crippen LogP contribution < -0.4 is 5.32 Å². The standard InChI is InChI=1S/C16H28N4O2S/c1-10-8-20(7-6-19(10)9-11(2)21)13(4)15(22)18-16-17-12(3)14(5)23-16/h10-11,13,21H,6-9H2,1-5H3,(H,17,18,22)/t10-,11-,13-/m0/s1. The molecule has 2 heterocycles. The van der Waals surface area contributed by atoms with Gasteiger partial charge in [-0.25, -0.2) is 4.98 Å². The first-order chi connectivity index (χ1) is 10.8. The molecule has 23 heavy (non-hydrogen) atoms. The molecule has 0 spiro atoms. The first-order valence-electron chi connectivity index (χ1n) is 8.19. The Bertz CT molecular complexity index is 527. The number of nitrogens with one attached hydrogen (secondary N) is 1. The molecular formula is C16H28N4O2S. The minimum atomic E-state index is -0.318. The maximum atomic E-state index is 12.5. The SMILES string of the molecule is Cc1nc(NC(=O)[C@H](C)N2CCN(C[C@H](C)O)[C@@H](C)C2)sc1C. The molecule has 1 aromatic heterocycles. The molecule has 0 radical (unpaired) electrons. The number of nitrogens with zero attached hydrogens (tertiary/aromatic N) is 3. The van der Waals surface area contributed by atoms with E-state index >= 15 is 0 Å². The molecule has 1 saturated heterocycles. The van der Waals surface area contributed by atoms with Crippen molar-refractivity contribution >= 4 is 22.4 Å². The number of thiazole rings is 1. The van der Waals surface area contributed by atoms with Crippen molar-refractivity contribution < 1.29 is 9.90 Å². The minimum absolute atomic E-state index is 0.00470. The van der Waals surface area contributed by atoms with Crippen molar-refractivity contribution in [3.8, 4) is 0 Å². The number of β-amino-alcohol motifs (C(OH)–C–C–N with tert-alkyl or cyclic N) is 1. The molecule has 1 aliphatic rings. The largest absolute Gasteiger partial charge is 0.392 e.